The van der Waals surface area contributed by atoms with Gasteiger partial charge in [0.1, 0.15) is 11.4 Å². The van der Waals surface area contributed by atoms with Crippen molar-refractivity contribution in [1.29, 1.82) is 0 Å². The van der Waals surface area contributed by atoms with Crippen molar-refractivity contribution >= 4 is 11.9 Å². The highest BCUT2D eigenvalue weighted by Gasteiger charge is 2.55. The molecule has 1 atom stereocenters. The normalized spacial score (nSPS) is 25.0. The number of imide groups is 1. The van der Waals surface area contributed by atoms with Gasteiger partial charge in [0.25, 0.3) is 5.91 Å². The largest absolute Gasteiger partial charge is 0.326 e. The molecule has 0 aromatic heterocycles. The van der Waals surface area contributed by atoms with Crippen LogP contribution in [0.4, 0.5) is 9.18 Å². The quantitative estimate of drug-likeness (QED) is 0.846. The summed E-state index contributed by atoms with van der Waals surface area (Å²) in [5.41, 5.74) is 0.189. The summed E-state index contributed by atoms with van der Waals surface area (Å²) in [5, 5.41) is 2.83. The number of carbonyl (C=O) groups is 2. The highest BCUT2D eigenvalue weighted by molar-refractivity contribution is 6.07. The van der Waals surface area contributed by atoms with Crippen LogP contribution in [-0.4, -0.2) is 41.0 Å². The number of urea groups is 1. The van der Waals surface area contributed by atoms with E-state index in [2.05, 4.69) is 5.32 Å². The Labute approximate surface area is 129 Å². The molecule has 2 fully saturated rings. The molecule has 1 heterocycles. The third-order valence-electron chi connectivity index (χ3n) is 4.44. The van der Waals surface area contributed by atoms with Gasteiger partial charge in [-0.2, -0.15) is 0 Å². The molecule has 1 aliphatic carbocycles. The molecule has 1 saturated carbocycles. The molecular weight excluding hydrogens is 285 g/mol. The molecule has 6 heteroatoms. The maximum absolute atomic E-state index is 12.9. The smallest absolute Gasteiger partial charge is 0.323 e. The van der Waals surface area contributed by atoms with E-state index in [4.69, 9.17) is 0 Å². The minimum Gasteiger partial charge on any atom is -0.323 e. The second-order valence-corrected chi connectivity index (χ2v) is 6.42. The third kappa shape index (κ3) is 2.70. The number of halogens is 1. The standard InChI is InChI=1S/C16H20FN3O2/c1-16(12-5-6-12)14(21)20(15(22)18-16)10-19(2)9-11-3-7-13(17)8-4-11/h3-4,7-8,12H,5-6,9-10H2,1-2H3,(H,18,22)/t16-/m1/s1. The predicted molar refractivity (Wildman–Crippen MR) is 79.2 cm³/mol. The second-order valence-electron chi connectivity index (χ2n) is 6.42. The first-order chi connectivity index (χ1) is 10.4. The van der Waals surface area contributed by atoms with E-state index < -0.39 is 5.54 Å². The lowest BCUT2D eigenvalue weighted by Gasteiger charge is -2.24. The zero-order valence-electron chi connectivity index (χ0n) is 12.8. The topological polar surface area (TPSA) is 52.6 Å². The first-order valence-electron chi connectivity index (χ1n) is 7.47. The summed E-state index contributed by atoms with van der Waals surface area (Å²) in [6.45, 7) is 2.58. The summed E-state index contributed by atoms with van der Waals surface area (Å²) in [7, 11) is 1.83. The molecule has 1 aliphatic heterocycles. The van der Waals surface area contributed by atoms with Gasteiger partial charge in [0, 0.05) is 6.54 Å². The molecule has 1 aromatic carbocycles. The molecule has 118 valence electrons. The van der Waals surface area contributed by atoms with Crippen LogP contribution in [0, 0.1) is 11.7 Å². The molecule has 1 aromatic rings. The van der Waals surface area contributed by atoms with E-state index in [9.17, 15) is 14.0 Å². The summed E-state index contributed by atoms with van der Waals surface area (Å²) < 4.78 is 12.9. The van der Waals surface area contributed by atoms with Gasteiger partial charge in [0.05, 0.1) is 6.67 Å². The first kappa shape index (κ1) is 15.0. The summed E-state index contributed by atoms with van der Waals surface area (Å²) >= 11 is 0. The Kier molecular flexibility index (Phi) is 3.64. The number of rotatable bonds is 5. The lowest BCUT2D eigenvalue weighted by molar-refractivity contribution is -0.132. The van der Waals surface area contributed by atoms with Crippen molar-refractivity contribution in [3.63, 3.8) is 0 Å². The van der Waals surface area contributed by atoms with Crippen LogP contribution in [0.5, 0.6) is 0 Å². The third-order valence-corrected chi connectivity index (χ3v) is 4.44. The Balaban J connectivity index is 1.63. The highest BCUT2D eigenvalue weighted by atomic mass is 19.1. The minimum atomic E-state index is -0.742. The van der Waals surface area contributed by atoms with E-state index in [1.54, 1.807) is 12.1 Å². The van der Waals surface area contributed by atoms with Gasteiger partial charge in [0.2, 0.25) is 0 Å². The van der Waals surface area contributed by atoms with Crippen LogP contribution in [0.1, 0.15) is 25.3 Å². The highest BCUT2D eigenvalue weighted by Crippen LogP contribution is 2.42. The molecule has 0 bridgehead atoms. The van der Waals surface area contributed by atoms with E-state index >= 15 is 0 Å². The monoisotopic (exact) mass is 305 g/mol. The van der Waals surface area contributed by atoms with E-state index in [-0.39, 0.29) is 30.3 Å². The summed E-state index contributed by atoms with van der Waals surface area (Å²) in [5.74, 6) is -0.164. The molecule has 5 nitrogen and oxygen atoms in total. The average molecular weight is 305 g/mol. The van der Waals surface area contributed by atoms with Crippen LogP contribution in [0.3, 0.4) is 0 Å². The molecule has 0 unspecified atom stereocenters. The van der Waals surface area contributed by atoms with Crippen molar-refractivity contribution in [2.45, 2.75) is 31.8 Å². The van der Waals surface area contributed by atoms with Crippen molar-refractivity contribution in [3.8, 4) is 0 Å². The van der Waals surface area contributed by atoms with Gasteiger partial charge in [-0.15, -0.1) is 0 Å². The second kappa shape index (κ2) is 5.35. The number of hydrogen-bond acceptors (Lipinski definition) is 3. The van der Waals surface area contributed by atoms with Gasteiger partial charge >= 0.3 is 6.03 Å². The Hall–Kier alpha value is -1.95. The number of benzene rings is 1. The zero-order chi connectivity index (χ0) is 15.9. The minimum absolute atomic E-state index is 0.147. The number of amides is 3. The van der Waals surface area contributed by atoms with Gasteiger partial charge in [-0.1, -0.05) is 12.1 Å². The zero-order valence-corrected chi connectivity index (χ0v) is 12.8. The van der Waals surface area contributed by atoms with Crippen molar-refractivity contribution in [2.24, 2.45) is 5.92 Å². The Morgan fingerprint density at radius 3 is 2.55 bits per heavy atom. The molecule has 3 rings (SSSR count). The van der Waals surface area contributed by atoms with Crippen molar-refractivity contribution in [1.82, 2.24) is 15.1 Å². The molecular formula is C16H20FN3O2. The lowest BCUT2D eigenvalue weighted by Crippen LogP contribution is -2.46. The molecule has 2 aliphatic rings. The summed E-state index contributed by atoms with van der Waals surface area (Å²) in [6, 6.07) is 5.88. The van der Waals surface area contributed by atoms with Gasteiger partial charge in [-0.25, -0.2) is 14.1 Å². The van der Waals surface area contributed by atoms with Gasteiger partial charge in [-0.3, -0.25) is 9.69 Å². The van der Waals surface area contributed by atoms with Gasteiger partial charge in [-0.05, 0) is 50.4 Å². The van der Waals surface area contributed by atoms with Crippen molar-refractivity contribution in [2.75, 3.05) is 13.7 Å². The number of carbonyl (C=O) groups excluding carboxylic acids is 2. The number of nitrogens with one attached hydrogen (secondary N) is 1. The summed E-state index contributed by atoms with van der Waals surface area (Å²) in [4.78, 5) is 27.7. The average Bonchev–Trinajstić information content (AvgIpc) is 3.28. The maximum atomic E-state index is 12.9. The first-order valence-corrected chi connectivity index (χ1v) is 7.47. The van der Waals surface area contributed by atoms with E-state index in [0.717, 1.165) is 18.4 Å². The maximum Gasteiger partial charge on any atom is 0.326 e. The molecule has 1 N–H and O–H groups in total. The van der Waals surface area contributed by atoms with Crippen LogP contribution < -0.4 is 5.32 Å². The molecule has 0 radical (unpaired) electrons. The van der Waals surface area contributed by atoms with Crippen LogP contribution >= 0.6 is 0 Å². The Morgan fingerprint density at radius 1 is 1.32 bits per heavy atom. The van der Waals surface area contributed by atoms with Gasteiger partial charge in [0.15, 0.2) is 0 Å². The fourth-order valence-corrected chi connectivity index (χ4v) is 2.97. The van der Waals surface area contributed by atoms with Crippen molar-refractivity contribution in [3.05, 3.63) is 35.6 Å². The van der Waals surface area contributed by atoms with E-state index in [1.165, 1.54) is 17.0 Å². The van der Waals surface area contributed by atoms with Crippen LogP contribution in [0.2, 0.25) is 0 Å². The lowest BCUT2D eigenvalue weighted by atomic mass is 9.96. The summed E-state index contributed by atoms with van der Waals surface area (Å²) in [6.07, 6.45) is 1.98. The number of hydrogen-bond donors (Lipinski definition) is 1. The SMILES string of the molecule is CN(Cc1ccc(F)cc1)CN1C(=O)N[C@](C)(C2CC2)C1=O. The molecule has 1 saturated heterocycles. The van der Waals surface area contributed by atoms with Gasteiger partial charge < -0.3 is 5.32 Å². The van der Waals surface area contributed by atoms with E-state index in [0.29, 0.717) is 6.54 Å². The Morgan fingerprint density at radius 2 is 1.95 bits per heavy atom. The Bertz CT molecular complexity index is 600. The number of nitrogens with zero attached hydrogens (tertiary/aromatic N) is 2. The molecule has 3 amide bonds. The molecule has 22 heavy (non-hydrogen) atoms. The predicted octanol–water partition coefficient (Wildman–Crippen LogP) is 1.94. The van der Waals surface area contributed by atoms with Crippen LogP contribution in [-0.2, 0) is 11.3 Å². The van der Waals surface area contributed by atoms with Crippen LogP contribution in [0.25, 0.3) is 0 Å². The van der Waals surface area contributed by atoms with E-state index in [1.807, 2.05) is 18.9 Å². The molecule has 0 spiro atoms. The fraction of sp³-hybridized carbons (Fsp3) is 0.500. The van der Waals surface area contributed by atoms with Crippen LogP contribution in [0.15, 0.2) is 24.3 Å². The van der Waals surface area contributed by atoms with Crippen molar-refractivity contribution < 1.29 is 14.0 Å². The fourth-order valence-electron chi connectivity index (χ4n) is 2.97.